The van der Waals surface area contributed by atoms with Gasteiger partial charge in [0.05, 0.1) is 22.7 Å². The summed E-state index contributed by atoms with van der Waals surface area (Å²) in [5, 5.41) is 13.0. The number of nitrogens with one attached hydrogen (secondary N) is 1. The first-order chi connectivity index (χ1) is 28.2. The van der Waals surface area contributed by atoms with Gasteiger partial charge >= 0.3 is 12.9 Å². The van der Waals surface area contributed by atoms with Crippen LogP contribution < -0.4 is 9.03 Å². The first-order valence-electron chi connectivity index (χ1n) is 17.7. The molecule has 21 heteroatoms. The monoisotopic (exact) mass is 926 g/mol. The number of para-hydroxylation sites is 2. The van der Waals surface area contributed by atoms with E-state index < -0.39 is 61.6 Å². The lowest BCUT2D eigenvalue weighted by molar-refractivity contribution is 0.115. The lowest BCUT2D eigenvalue weighted by Crippen LogP contribution is -2.33. The van der Waals surface area contributed by atoms with E-state index in [9.17, 15) is 43.2 Å². The maximum Gasteiger partial charge on any atom is 0.314 e. The molecule has 59 heavy (non-hydrogen) atoms. The second-order valence-electron chi connectivity index (χ2n) is 13.0. The van der Waals surface area contributed by atoms with E-state index in [1.54, 1.807) is 42.5 Å². The van der Waals surface area contributed by atoms with Crippen LogP contribution in [0.25, 0.3) is 22.9 Å². The summed E-state index contributed by atoms with van der Waals surface area (Å²) in [5.74, 6) is -3.15. The molecule has 0 saturated heterocycles. The Balaban J connectivity index is 0.000000165. The second kappa shape index (κ2) is 18.8. The quantitative estimate of drug-likeness (QED) is 0.0872. The Morgan fingerprint density at radius 3 is 1.56 bits per heavy atom. The van der Waals surface area contributed by atoms with Gasteiger partial charge in [0.15, 0.2) is 0 Å². The van der Waals surface area contributed by atoms with Crippen LogP contribution in [0.5, 0.6) is 0 Å². The molecule has 0 aliphatic heterocycles. The highest BCUT2D eigenvalue weighted by molar-refractivity contribution is 9.08. The molecule has 2 fully saturated rings. The minimum absolute atomic E-state index is 0.125. The predicted molar refractivity (Wildman–Crippen MR) is 209 cm³/mol. The first kappa shape index (κ1) is 43.3. The minimum Gasteiger partial charge on any atom is -0.415 e. The van der Waals surface area contributed by atoms with E-state index in [0.717, 1.165) is 18.9 Å². The number of sulfonamides is 2. The summed E-state index contributed by atoms with van der Waals surface area (Å²) in [7, 11) is -6.71. The van der Waals surface area contributed by atoms with Crippen molar-refractivity contribution in [3.05, 3.63) is 132 Å². The SMILES string of the molecule is Fc1cc(-c2nnc(C(F)F)o2)ccc1CBr.O=S(=O)(C1CC1)N(Cc1ccc(-c2nnc(C(F)F)o2)cc1F)c1ccccc1.O=S(=O)(Nc1ccccc1)C1CC1. The number of hydrogen-bond donors (Lipinski definition) is 1. The summed E-state index contributed by atoms with van der Waals surface area (Å²) in [5.41, 5.74) is 2.09. The van der Waals surface area contributed by atoms with Crippen LogP contribution >= 0.6 is 15.9 Å². The summed E-state index contributed by atoms with van der Waals surface area (Å²) in [6, 6.07) is 25.5. The number of nitrogens with zero attached hydrogens (tertiary/aromatic N) is 5. The van der Waals surface area contributed by atoms with Gasteiger partial charge in [0.1, 0.15) is 11.6 Å². The Labute approximate surface area is 342 Å². The summed E-state index contributed by atoms with van der Waals surface area (Å²) in [4.78, 5) is 0. The molecule has 2 aliphatic carbocycles. The average Bonchev–Trinajstić information content (AvgIpc) is 4.16. The van der Waals surface area contributed by atoms with Crippen LogP contribution in [0.2, 0.25) is 0 Å². The van der Waals surface area contributed by atoms with Crippen molar-refractivity contribution in [2.45, 2.75) is 60.9 Å². The van der Waals surface area contributed by atoms with Gasteiger partial charge in [-0.3, -0.25) is 9.03 Å². The van der Waals surface area contributed by atoms with E-state index in [4.69, 9.17) is 8.83 Å². The van der Waals surface area contributed by atoms with Gasteiger partial charge < -0.3 is 8.83 Å². The molecule has 0 atom stereocenters. The van der Waals surface area contributed by atoms with E-state index in [1.165, 1.54) is 34.6 Å². The highest BCUT2D eigenvalue weighted by Crippen LogP contribution is 2.35. The van der Waals surface area contributed by atoms with Crippen molar-refractivity contribution >= 4 is 47.4 Å². The molecule has 0 radical (unpaired) electrons. The number of anilines is 2. The standard InChI is InChI=1S/C19H16F3N3O3S.C10H6BrF3N2O.C9H11NO2S/c20-16-10-12(18-23-24-19(28-18)17(21)22)6-7-13(16)11-25(14-4-2-1-3-5-14)29(26,27)15-8-9-15;11-4-6-2-1-5(3-7(6)12)9-15-16-10(17-9)8(13)14;11-13(12,9-6-7-9)10-8-4-2-1-3-5-8/h1-7,10,15,17H,8-9,11H2;1-3,8H,4H2;1-5,9-10H,6-7H2. The van der Waals surface area contributed by atoms with Gasteiger partial charge in [-0.1, -0.05) is 64.5 Å². The Kier molecular flexibility index (Phi) is 13.8. The zero-order valence-corrected chi connectivity index (χ0v) is 33.7. The summed E-state index contributed by atoms with van der Waals surface area (Å²) < 4.78 is 140. The molecule has 0 spiro atoms. The normalized spacial score (nSPS) is 14.0. The Morgan fingerprint density at radius 1 is 0.661 bits per heavy atom. The number of hydrogen-bond acceptors (Lipinski definition) is 10. The summed E-state index contributed by atoms with van der Waals surface area (Å²) in [6.07, 6.45) is -3.01. The van der Waals surface area contributed by atoms with Gasteiger partial charge in [0.25, 0.3) is 11.8 Å². The van der Waals surface area contributed by atoms with Gasteiger partial charge in [0.2, 0.25) is 31.8 Å². The van der Waals surface area contributed by atoms with Crippen molar-refractivity contribution < 1.29 is 52.0 Å². The van der Waals surface area contributed by atoms with Gasteiger partial charge in [-0.25, -0.2) is 25.6 Å². The van der Waals surface area contributed by atoms with Crippen LogP contribution in [-0.2, 0) is 31.9 Å². The number of halogens is 7. The molecule has 12 nitrogen and oxygen atoms in total. The molecule has 2 aliphatic rings. The second-order valence-corrected chi connectivity index (χ2v) is 17.7. The van der Waals surface area contributed by atoms with Crippen molar-refractivity contribution in [1.29, 1.82) is 0 Å². The fourth-order valence-electron chi connectivity index (χ4n) is 5.23. The first-order valence-corrected chi connectivity index (χ1v) is 21.8. The number of aromatic nitrogens is 4. The Hall–Kier alpha value is -5.28. The van der Waals surface area contributed by atoms with Crippen LogP contribution in [-0.4, -0.2) is 47.7 Å². The van der Waals surface area contributed by atoms with Gasteiger partial charge in [0, 0.05) is 27.7 Å². The molecule has 2 aromatic heterocycles. The topological polar surface area (TPSA) is 161 Å². The molecule has 2 heterocycles. The molecule has 4 aromatic carbocycles. The molecular formula is C38H33BrF6N6O6S2. The summed E-state index contributed by atoms with van der Waals surface area (Å²) >= 11 is 3.12. The van der Waals surface area contributed by atoms with Crippen LogP contribution in [0.15, 0.2) is 106 Å². The largest absolute Gasteiger partial charge is 0.415 e. The van der Waals surface area contributed by atoms with E-state index >= 15 is 0 Å². The van der Waals surface area contributed by atoms with Crippen LogP contribution in [0, 0.1) is 11.6 Å². The van der Waals surface area contributed by atoms with Gasteiger partial charge in [-0.05, 0) is 79.8 Å². The molecular weight excluding hydrogens is 894 g/mol. The lowest BCUT2D eigenvalue weighted by Gasteiger charge is -2.25. The number of benzene rings is 4. The predicted octanol–water partition coefficient (Wildman–Crippen LogP) is 9.61. The maximum atomic E-state index is 14.7. The van der Waals surface area contributed by atoms with Crippen LogP contribution in [0.1, 0.15) is 61.4 Å². The molecule has 8 rings (SSSR count). The van der Waals surface area contributed by atoms with E-state index in [1.807, 2.05) is 18.2 Å². The highest BCUT2D eigenvalue weighted by atomic mass is 79.9. The third-order valence-electron chi connectivity index (χ3n) is 8.61. The van der Waals surface area contributed by atoms with Crippen molar-refractivity contribution in [3.8, 4) is 22.9 Å². The fourth-order valence-corrected chi connectivity index (χ4v) is 8.90. The van der Waals surface area contributed by atoms with Crippen molar-refractivity contribution in [2.24, 2.45) is 0 Å². The summed E-state index contributed by atoms with van der Waals surface area (Å²) in [6.45, 7) is -0.193. The minimum atomic E-state index is -3.62. The fraction of sp³-hybridized carbons (Fsp3) is 0.263. The van der Waals surface area contributed by atoms with Crippen molar-refractivity contribution in [3.63, 3.8) is 0 Å². The smallest absolute Gasteiger partial charge is 0.314 e. The number of rotatable bonds is 13. The van der Waals surface area contributed by atoms with Crippen LogP contribution in [0.3, 0.4) is 0 Å². The third kappa shape index (κ3) is 11.3. The molecule has 6 aromatic rings. The number of alkyl halides is 5. The molecule has 1 N–H and O–H groups in total. The van der Waals surface area contributed by atoms with E-state index in [2.05, 4.69) is 41.0 Å². The molecule has 0 amide bonds. The Morgan fingerprint density at radius 2 is 1.14 bits per heavy atom. The lowest BCUT2D eigenvalue weighted by atomic mass is 10.1. The van der Waals surface area contributed by atoms with E-state index in [-0.39, 0.29) is 40.3 Å². The third-order valence-corrected chi connectivity index (χ3v) is 13.3. The zero-order chi connectivity index (χ0) is 42.3. The molecule has 0 bridgehead atoms. The zero-order valence-electron chi connectivity index (χ0n) is 30.4. The average molecular weight is 928 g/mol. The molecule has 312 valence electrons. The van der Waals surface area contributed by atoms with Crippen molar-refractivity contribution in [2.75, 3.05) is 9.03 Å². The van der Waals surface area contributed by atoms with Gasteiger partial charge in [-0.15, -0.1) is 20.4 Å². The van der Waals surface area contributed by atoms with Crippen molar-refractivity contribution in [1.82, 2.24) is 20.4 Å². The van der Waals surface area contributed by atoms with E-state index in [0.29, 0.717) is 35.1 Å². The van der Waals surface area contributed by atoms with Gasteiger partial charge in [-0.2, -0.15) is 17.6 Å². The maximum absolute atomic E-state index is 14.7. The molecule has 0 unspecified atom stereocenters. The Bertz CT molecular complexity index is 2560. The highest BCUT2D eigenvalue weighted by Gasteiger charge is 2.40. The van der Waals surface area contributed by atoms with Crippen LogP contribution in [0.4, 0.5) is 37.7 Å². The molecule has 2 saturated carbocycles.